The predicted octanol–water partition coefficient (Wildman–Crippen LogP) is 5.01. The van der Waals surface area contributed by atoms with Gasteiger partial charge in [-0.05, 0) is 83.4 Å². The molecule has 0 aliphatic heterocycles. The SMILES string of the molecule is CCOC(=O)COc1ccc(C(CC(C)NC(=O)OC(C)(C)C)c2ccc(OCC(=O)OCC)cc2)cc1. The van der Waals surface area contributed by atoms with Crippen LogP contribution in [0.1, 0.15) is 65.0 Å². The van der Waals surface area contributed by atoms with E-state index < -0.39 is 23.6 Å². The molecule has 38 heavy (non-hydrogen) atoms. The molecule has 0 saturated carbocycles. The molecule has 0 bridgehead atoms. The largest absolute Gasteiger partial charge is 0.482 e. The van der Waals surface area contributed by atoms with Crippen LogP contribution in [-0.2, 0) is 23.8 Å². The second-order valence-electron chi connectivity index (χ2n) is 9.66. The first-order valence-corrected chi connectivity index (χ1v) is 12.8. The number of ether oxygens (including phenoxy) is 5. The van der Waals surface area contributed by atoms with Crippen LogP contribution < -0.4 is 14.8 Å². The molecule has 0 saturated heterocycles. The van der Waals surface area contributed by atoms with Gasteiger partial charge in [0.25, 0.3) is 0 Å². The number of nitrogens with one attached hydrogen (secondary N) is 1. The summed E-state index contributed by atoms with van der Waals surface area (Å²) in [6, 6.07) is 14.7. The van der Waals surface area contributed by atoms with Gasteiger partial charge in [0.1, 0.15) is 17.1 Å². The van der Waals surface area contributed by atoms with Crippen molar-refractivity contribution in [1.29, 1.82) is 0 Å². The average molecular weight is 530 g/mol. The van der Waals surface area contributed by atoms with Crippen molar-refractivity contribution in [2.24, 2.45) is 0 Å². The van der Waals surface area contributed by atoms with Crippen LogP contribution in [0, 0.1) is 0 Å². The number of esters is 2. The van der Waals surface area contributed by atoms with Gasteiger partial charge in [0.15, 0.2) is 13.2 Å². The molecule has 9 nitrogen and oxygen atoms in total. The molecule has 1 amide bonds. The molecule has 2 aromatic carbocycles. The van der Waals surface area contributed by atoms with E-state index in [-0.39, 0.29) is 25.2 Å². The third-order valence-electron chi connectivity index (χ3n) is 5.24. The zero-order chi connectivity index (χ0) is 28.1. The highest BCUT2D eigenvalue weighted by Gasteiger charge is 2.22. The summed E-state index contributed by atoms with van der Waals surface area (Å²) in [6.07, 6.45) is 0.111. The van der Waals surface area contributed by atoms with Crippen LogP contribution in [0.3, 0.4) is 0 Å². The van der Waals surface area contributed by atoms with E-state index in [0.717, 1.165) is 11.1 Å². The topological polar surface area (TPSA) is 109 Å². The van der Waals surface area contributed by atoms with E-state index in [1.54, 1.807) is 38.1 Å². The average Bonchev–Trinajstić information content (AvgIpc) is 2.85. The minimum absolute atomic E-state index is 0.0850. The molecule has 9 heteroatoms. The van der Waals surface area contributed by atoms with E-state index in [9.17, 15) is 14.4 Å². The van der Waals surface area contributed by atoms with Gasteiger partial charge in [-0.2, -0.15) is 0 Å². The van der Waals surface area contributed by atoms with Crippen LogP contribution >= 0.6 is 0 Å². The molecule has 0 fully saturated rings. The highest BCUT2D eigenvalue weighted by molar-refractivity contribution is 5.71. The normalized spacial score (nSPS) is 11.9. The summed E-state index contributed by atoms with van der Waals surface area (Å²) in [7, 11) is 0. The van der Waals surface area contributed by atoms with Crippen LogP contribution in [0.15, 0.2) is 48.5 Å². The number of rotatable bonds is 13. The van der Waals surface area contributed by atoms with Crippen molar-refractivity contribution in [3.63, 3.8) is 0 Å². The van der Waals surface area contributed by atoms with Crippen molar-refractivity contribution in [3.05, 3.63) is 59.7 Å². The summed E-state index contributed by atoms with van der Waals surface area (Å²) < 4.78 is 26.2. The quantitative estimate of drug-likeness (QED) is 0.285. The molecule has 2 rings (SSSR count). The second kappa shape index (κ2) is 14.9. The van der Waals surface area contributed by atoms with Gasteiger partial charge in [0, 0.05) is 12.0 Å². The first-order valence-electron chi connectivity index (χ1n) is 12.8. The first-order chi connectivity index (χ1) is 18.0. The summed E-state index contributed by atoms with van der Waals surface area (Å²) in [5.41, 5.74) is 1.39. The van der Waals surface area contributed by atoms with Crippen molar-refractivity contribution in [1.82, 2.24) is 5.32 Å². The zero-order valence-corrected chi connectivity index (χ0v) is 23.1. The Labute approximate surface area is 224 Å². The molecule has 2 aromatic rings. The van der Waals surface area contributed by atoms with E-state index in [2.05, 4.69) is 5.32 Å². The van der Waals surface area contributed by atoms with Crippen molar-refractivity contribution in [2.45, 2.75) is 65.5 Å². The fourth-order valence-electron chi connectivity index (χ4n) is 3.67. The predicted molar refractivity (Wildman–Crippen MR) is 142 cm³/mol. The molecule has 1 N–H and O–H groups in total. The third kappa shape index (κ3) is 11.1. The Morgan fingerprint density at radius 3 is 1.55 bits per heavy atom. The highest BCUT2D eigenvalue weighted by atomic mass is 16.6. The van der Waals surface area contributed by atoms with Crippen molar-refractivity contribution < 1.29 is 38.1 Å². The first kappa shape index (κ1) is 30.5. The standard InChI is InChI=1S/C29H39NO8/c1-7-34-26(31)18-36-23-13-9-21(10-14-23)25(17-20(3)30-28(33)38-29(4,5)6)22-11-15-24(16-12-22)37-19-27(32)35-8-2/h9-16,20,25H,7-8,17-19H2,1-6H3,(H,30,33). The Kier molecular flexibility index (Phi) is 11.9. The smallest absolute Gasteiger partial charge is 0.407 e. The maximum absolute atomic E-state index is 12.3. The van der Waals surface area contributed by atoms with E-state index in [1.807, 2.05) is 52.0 Å². The lowest BCUT2D eigenvalue weighted by molar-refractivity contribution is -0.146. The Hall–Kier alpha value is -3.75. The minimum atomic E-state index is -0.595. The van der Waals surface area contributed by atoms with Crippen molar-refractivity contribution in [2.75, 3.05) is 26.4 Å². The summed E-state index contributed by atoms with van der Waals surface area (Å²) in [6.45, 7) is 11.1. The summed E-state index contributed by atoms with van der Waals surface area (Å²) in [5, 5.41) is 2.91. The van der Waals surface area contributed by atoms with Gasteiger partial charge in [-0.3, -0.25) is 0 Å². The molecule has 208 valence electrons. The maximum Gasteiger partial charge on any atom is 0.407 e. The molecule has 1 atom stereocenters. The van der Waals surface area contributed by atoms with Gasteiger partial charge < -0.3 is 29.0 Å². The number of carbonyl (C=O) groups excluding carboxylic acids is 3. The maximum atomic E-state index is 12.3. The minimum Gasteiger partial charge on any atom is -0.482 e. The number of hydrogen-bond donors (Lipinski definition) is 1. The second-order valence-corrected chi connectivity index (χ2v) is 9.66. The fourth-order valence-corrected chi connectivity index (χ4v) is 3.67. The van der Waals surface area contributed by atoms with Crippen LogP contribution in [-0.4, -0.2) is 56.1 Å². The van der Waals surface area contributed by atoms with Gasteiger partial charge in [0.2, 0.25) is 0 Å². The summed E-state index contributed by atoms with van der Waals surface area (Å²) in [4.78, 5) is 35.5. The Balaban J connectivity index is 2.18. The number of alkyl carbamates (subject to hydrolysis) is 1. The summed E-state index contributed by atoms with van der Waals surface area (Å²) in [5.74, 6) is 0.146. The van der Waals surface area contributed by atoms with Crippen LogP contribution in [0.25, 0.3) is 0 Å². The van der Waals surface area contributed by atoms with Crippen molar-refractivity contribution in [3.8, 4) is 11.5 Å². The number of benzene rings is 2. The van der Waals surface area contributed by atoms with E-state index in [0.29, 0.717) is 31.1 Å². The molecule has 0 aliphatic rings. The van der Waals surface area contributed by atoms with Gasteiger partial charge in [-0.1, -0.05) is 24.3 Å². The molecule has 0 aromatic heterocycles. The lowest BCUT2D eigenvalue weighted by Gasteiger charge is -2.25. The Morgan fingerprint density at radius 1 is 0.763 bits per heavy atom. The molecular formula is C29H39NO8. The van der Waals surface area contributed by atoms with Gasteiger partial charge in [-0.15, -0.1) is 0 Å². The van der Waals surface area contributed by atoms with Gasteiger partial charge in [0.05, 0.1) is 13.2 Å². The van der Waals surface area contributed by atoms with Crippen molar-refractivity contribution >= 4 is 18.0 Å². The van der Waals surface area contributed by atoms with Gasteiger partial charge >= 0.3 is 18.0 Å². The molecular weight excluding hydrogens is 490 g/mol. The van der Waals surface area contributed by atoms with Crippen LogP contribution in [0.2, 0.25) is 0 Å². The highest BCUT2D eigenvalue weighted by Crippen LogP contribution is 2.32. The third-order valence-corrected chi connectivity index (χ3v) is 5.24. The lowest BCUT2D eigenvalue weighted by atomic mass is 9.86. The van der Waals surface area contributed by atoms with Crippen LogP contribution in [0.5, 0.6) is 11.5 Å². The zero-order valence-electron chi connectivity index (χ0n) is 23.1. The Morgan fingerprint density at radius 2 is 1.18 bits per heavy atom. The molecule has 1 unspecified atom stereocenters. The molecule has 0 aliphatic carbocycles. The monoisotopic (exact) mass is 529 g/mol. The number of amides is 1. The van der Waals surface area contributed by atoms with E-state index in [1.165, 1.54) is 0 Å². The molecule has 0 spiro atoms. The van der Waals surface area contributed by atoms with Gasteiger partial charge in [-0.25, -0.2) is 14.4 Å². The number of carbonyl (C=O) groups is 3. The summed E-state index contributed by atoms with van der Waals surface area (Å²) >= 11 is 0. The van der Waals surface area contributed by atoms with E-state index in [4.69, 9.17) is 23.7 Å². The van der Waals surface area contributed by atoms with Crippen LogP contribution in [0.4, 0.5) is 4.79 Å². The van der Waals surface area contributed by atoms with E-state index >= 15 is 0 Å². The Bertz CT molecular complexity index is 963. The number of hydrogen-bond acceptors (Lipinski definition) is 8. The lowest BCUT2D eigenvalue weighted by Crippen LogP contribution is -2.38. The molecule has 0 heterocycles. The fraction of sp³-hybridized carbons (Fsp3) is 0.483. The molecule has 0 radical (unpaired) electrons.